The van der Waals surface area contributed by atoms with Gasteiger partial charge in [-0.25, -0.2) is 8.78 Å². The van der Waals surface area contributed by atoms with Gasteiger partial charge in [-0.3, -0.25) is 0 Å². The molecule has 20 heavy (non-hydrogen) atoms. The van der Waals surface area contributed by atoms with Crippen molar-refractivity contribution >= 4 is 34.8 Å². The van der Waals surface area contributed by atoms with E-state index in [1.807, 2.05) is 0 Å². The summed E-state index contributed by atoms with van der Waals surface area (Å²) in [5.41, 5.74) is 0.678. The van der Waals surface area contributed by atoms with Crippen molar-refractivity contribution in [3.8, 4) is 5.75 Å². The SMILES string of the molecule is Fc1cccc(COc2c(Cl)cc(Cl)cc2CCl)c1F. The molecule has 0 amide bonds. The van der Waals surface area contributed by atoms with Crippen LogP contribution in [0.1, 0.15) is 11.1 Å². The third kappa shape index (κ3) is 3.35. The molecule has 0 saturated carbocycles. The van der Waals surface area contributed by atoms with Gasteiger partial charge in [-0.1, -0.05) is 35.3 Å². The number of benzene rings is 2. The fraction of sp³-hybridized carbons (Fsp3) is 0.143. The van der Waals surface area contributed by atoms with Crippen molar-refractivity contribution in [3.05, 3.63) is 63.1 Å². The highest BCUT2D eigenvalue weighted by Gasteiger charge is 2.13. The summed E-state index contributed by atoms with van der Waals surface area (Å²) in [5, 5.41) is 0.694. The van der Waals surface area contributed by atoms with Crippen molar-refractivity contribution in [2.45, 2.75) is 12.5 Å². The number of halogens is 5. The minimum atomic E-state index is -0.940. The van der Waals surface area contributed by atoms with Gasteiger partial charge in [0.2, 0.25) is 0 Å². The average molecular weight is 338 g/mol. The van der Waals surface area contributed by atoms with Crippen molar-refractivity contribution in [1.82, 2.24) is 0 Å². The predicted molar refractivity (Wildman–Crippen MR) is 76.7 cm³/mol. The van der Waals surface area contributed by atoms with E-state index >= 15 is 0 Å². The summed E-state index contributed by atoms with van der Waals surface area (Å²) in [5.74, 6) is -1.41. The van der Waals surface area contributed by atoms with E-state index in [9.17, 15) is 8.78 Å². The van der Waals surface area contributed by atoms with Crippen LogP contribution in [0, 0.1) is 11.6 Å². The number of hydrogen-bond acceptors (Lipinski definition) is 1. The number of ether oxygens (including phenoxy) is 1. The molecule has 0 N–H and O–H groups in total. The summed E-state index contributed by atoms with van der Waals surface area (Å²) in [6, 6.07) is 6.98. The predicted octanol–water partition coefficient (Wildman–Crippen LogP) is 5.59. The van der Waals surface area contributed by atoms with Crippen LogP contribution >= 0.6 is 34.8 Å². The molecule has 6 heteroatoms. The van der Waals surface area contributed by atoms with Crippen molar-refractivity contribution in [3.63, 3.8) is 0 Å². The van der Waals surface area contributed by atoms with Crippen molar-refractivity contribution in [1.29, 1.82) is 0 Å². The Morgan fingerprint density at radius 3 is 2.50 bits per heavy atom. The van der Waals surface area contributed by atoms with Crippen LogP contribution < -0.4 is 4.74 Å². The quantitative estimate of drug-likeness (QED) is 0.661. The number of rotatable bonds is 4. The van der Waals surface area contributed by atoms with Gasteiger partial charge in [0.15, 0.2) is 11.6 Å². The van der Waals surface area contributed by atoms with Crippen LogP contribution in [0.3, 0.4) is 0 Å². The molecule has 0 spiro atoms. The lowest BCUT2D eigenvalue weighted by atomic mass is 10.2. The minimum Gasteiger partial charge on any atom is -0.487 e. The zero-order chi connectivity index (χ0) is 14.7. The lowest BCUT2D eigenvalue weighted by Gasteiger charge is -2.13. The van der Waals surface area contributed by atoms with E-state index in [4.69, 9.17) is 39.5 Å². The Morgan fingerprint density at radius 2 is 1.80 bits per heavy atom. The molecule has 0 aliphatic heterocycles. The Balaban J connectivity index is 2.25. The molecule has 0 aliphatic carbocycles. The summed E-state index contributed by atoms with van der Waals surface area (Å²) in [6.45, 7) is -0.158. The first-order valence-electron chi connectivity index (χ1n) is 5.62. The van der Waals surface area contributed by atoms with Gasteiger partial charge in [0.25, 0.3) is 0 Å². The van der Waals surface area contributed by atoms with Gasteiger partial charge in [-0.15, -0.1) is 11.6 Å². The van der Waals surface area contributed by atoms with Crippen LogP contribution in [0.2, 0.25) is 10.0 Å². The second kappa shape index (κ2) is 6.61. The van der Waals surface area contributed by atoms with Gasteiger partial charge in [0.1, 0.15) is 12.4 Å². The molecule has 0 bridgehead atoms. The Kier molecular flexibility index (Phi) is 5.08. The molecular formula is C14H9Cl3F2O. The molecule has 0 atom stereocenters. The number of hydrogen-bond donors (Lipinski definition) is 0. The van der Waals surface area contributed by atoms with Crippen molar-refractivity contribution in [2.24, 2.45) is 0 Å². The molecule has 1 nitrogen and oxygen atoms in total. The van der Waals surface area contributed by atoms with E-state index in [1.54, 1.807) is 6.07 Å². The van der Waals surface area contributed by atoms with Gasteiger partial charge >= 0.3 is 0 Å². The third-order valence-corrected chi connectivity index (χ3v) is 3.42. The van der Waals surface area contributed by atoms with Gasteiger partial charge in [-0.2, -0.15) is 0 Å². The molecule has 106 valence electrons. The zero-order valence-electron chi connectivity index (χ0n) is 10.1. The highest BCUT2D eigenvalue weighted by atomic mass is 35.5. The third-order valence-electron chi connectivity index (χ3n) is 2.63. The first kappa shape index (κ1) is 15.4. The molecule has 0 unspecified atom stereocenters. The minimum absolute atomic E-state index is 0.0940. The van der Waals surface area contributed by atoms with Crippen LogP contribution in [-0.2, 0) is 12.5 Å². The molecule has 0 heterocycles. The summed E-state index contributed by atoms with van der Waals surface area (Å²) >= 11 is 17.7. The average Bonchev–Trinajstić information content (AvgIpc) is 2.41. The van der Waals surface area contributed by atoms with E-state index in [0.29, 0.717) is 16.3 Å². The molecule has 0 aromatic heterocycles. The van der Waals surface area contributed by atoms with E-state index in [-0.39, 0.29) is 23.1 Å². The summed E-state index contributed by atoms with van der Waals surface area (Å²) in [6.07, 6.45) is 0. The first-order valence-corrected chi connectivity index (χ1v) is 6.91. The highest BCUT2D eigenvalue weighted by Crippen LogP contribution is 2.34. The topological polar surface area (TPSA) is 9.23 Å². The van der Waals surface area contributed by atoms with Gasteiger partial charge in [0.05, 0.1) is 10.9 Å². The lowest BCUT2D eigenvalue weighted by Crippen LogP contribution is -2.02. The number of alkyl halides is 1. The van der Waals surface area contributed by atoms with Crippen LogP contribution in [-0.4, -0.2) is 0 Å². The van der Waals surface area contributed by atoms with Gasteiger partial charge in [0, 0.05) is 16.1 Å². The summed E-state index contributed by atoms with van der Waals surface area (Å²) in [7, 11) is 0. The normalized spacial score (nSPS) is 10.7. The summed E-state index contributed by atoms with van der Waals surface area (Å²) < 4.78 is 32.1. The summed E-state index contributed by atoms with van der Waals surface area (Å²) in [4.78, 5) is 0. The molecule has 0 fully saturated rings. The molecule has 2 rings (SSSR count). The van der Waals surface area contributed by atoms with Gasteiger partial charge < -0.3 is 4.74 Å². The largest absolute Gasteiger partial charge is 0.487 e. The van der Waals surface area contributed by atoms with E-state index in [1.165, 1.54) is 18.2 Å². The second-order valence-corrected chi connectivity index (χ2v) is 5.12. The van der Waals surface area contributed by atoms with Crippen LogP contribution in [0.5, 0.6) is 5.75 Å². The standard InChI is InChI=1S/C14H9Cl3F2O/c15-6-9-4-10(16)5-11(17)14(9)20-7-8-2-1-3-12(18)13(8)19/h1-5H,6-7H2. The van der Waals surface area contributed by atoms with E-state index < -0.39 is 11.6 Å². The molecule has 2 aromatic rings. The maximum absolute atomic E-state index is 13.5. The molecule has 2 aromatic carbocycles. The smallest absolute Gasteiger partial charge is 0.165 e. The van der Waals surface area contributed by atoms with Crippen LogP contribution in [0.15, 0.2) is 30.3 Å². The van der Waals surface area contributed by atoms with Gasteiger partial charge in [-0.05, 0) is 18.2 Å². The maximum atomic E-state index is 13.5. The van der Waals surface area contributed by atoms with E-state index in [0.717, 1.165) is 6.07 Å². The van der Waals surface area contributed by atoms with Crippen LogP contribution in [0.25, 0.3) is 0 Å². The Morgan fingerprint density at radius 1 is 1.05 bits per heavy atom. The Labute approximate surface area is 130 Å². The van der Waals surface area contributed by atoms with Crippen molar-refractivity contribution in [2.75, 3.05) is 0 Å². The Bertz CT molecular complexity index is 632. The van der Waals surface area contributed by atoms with Crippen molar-refractivity contribution < 1.29 is 13.5 Å². The first-order chi connectivity index (χ1) is 9.52. The van der Waals surface area contributed by atoms with E-state index in [2.05, 4.69) is 0 Å². The zero-order valence-corrected chi connectivity index (χ0v) is 12.4. The highest BCUT2D eigenvalue weighted by molar-refractivity contribution is 6.36. The fourth-order valence-corrected chi connectivity index (χ4v) is 2.47. The second-order valence-electron chi connectivity index (χ2n) is 4.01. The molecule has 0 saturated heterocycles. The fourth-order valence-electron chi connectivity index (χ4n) is 1.68. The maximum Gasteiger partial charge on any atom is 0.165 e. The lowest BCUT2D eigenvalue weighted by molar-refractivity contribution is 0.295. The monoisotopic (exact) mass is 336 g/mol. The molecule has 0 aliphatic rings. The molecular weight excluding hydrogens is 329 g/mol. The Hall–Kier alpha value is -1.03. The molecule has 0 radical (unpaired) electrons. The van der Waals surface area contributed by atoms with Crippen LogP contribution in [0.4, 0.5) is 8.78 Å².